The Bertz CT molecular complexity index is 830. The summed E-state index contributed by atoms with van der Waals surface area (Å²) in [6, 6.07) is 22.0. The quantitative estimate of drug-likeness (QED) is 0.777. The Morgan fingerprint density at radius 3 is 1.87 bits per heavy atom. The first-order chi connectivity index (χ1) is 11.1. The number of aromatic amines is 1. The fourth-order valence-corrected chi connectivity index (χ4v) is 2.69. The van der Waals surface area contributed by atoms with Gasteiger partial charge in [-0.15, -0.1) is 0 Å². The first kappa shape index (κ1) is 14.8. The van der Waals surface area contributed by atoms with Crippen LogP contribution in [0.15, 0.2) is 77.6 Å². The molecule has 0 aliphatic heterocycles. The fourth-order valence-electron chi connectivity index (χ4n) is 2.69. The van der Waals surface area contributed by atoms with E-state index in [9.17, 15) is 14.7 Å². The molecule has 0 saturated carbocycles. The predicted molar refractivity (Wildman–Crippen MR) is 87.9 cm³/mol. The van der Waals surface area contributed by atoms with Crippen molar-refractivity contribution < 1.29 is 9.90 Å². The Kier molecular flexibility index (Phi) is 4.06. The van der Waals surface area contributed by atoms with E-state index in [2.05, 4.69) is 4.98 Å². The smallest absolute Gasteiger partial charge is 0.335 e. The molecule has 3 rings (SSSR count). The molecule has 0 fully saturated rings. The van der Waals surface area contributed by atoms with Crippen LogP contribution in [0, 0.1) is 0 Å². The van der Waals surface area contributed by atoms with Crippen LogP contribution in [-0.4, -0.2) is 16.1 Å². The van der Waals surface area contributed by atoms with Gasteiger partial charge < -0.3 is 10.1 Å². The number of aromatic carboxylic acids is 1. The molecule has 2 aromatic carbocycles. The molecule has 0 unspecified atom stereocenters. The third kappa shape index (κ3) is 3.21. The van der Waals surface area contributed by atoms with Crippen LogP contribution < -0.4 is 5.56 Å². The lowest BCUT2D eigenvalue weighted by Gasteiger charge is -2.18. The van der Waals surface area contributed by atoms with Crippen LogP contribution >= 0.6 is 0 Å². The second kappa shape index (κ2) is 6.32. The summed E-state index contributed by atoms with van der Waals surface area (Å²) in [5.41, 5.74) is 2.10. The van der Waals surface area contributed by atoms with Gasteiger partial charge in [0.05, 0.1) is 5.56 Å². The van der Waals surface area contributed by atoms with Gasteiger partial charge in [-0.2, -0.15) is 0 Å². The molecule has 0 aliphatic carbocycles. The SMILES string of the molecule is O=C(O)c1cc(C(c2ccccc2)c2ccccc2)[nH]c(=O)c1. The lowest BCUT2D eigenvalue weighted by molar-refractivity contribution is 0.0696. The third-order valence-corrected chi connectivity index (χ3v) is 3.69. The van der Waals surface area contributed by atoms with E-state index < -0.39 is 11.5 Å². The topological polar surface area (TPSA) is 70.2 Å². The van der Waals surface area contributed by atoms with E-state index in [1.165, 1.54) is 6.07 Å². The number of carboxylic acids is 1. The van der Waals surface area contributed by atoms with Gasteiger partial charge in [-0.3, -0.25) is 4.79 Å². The number of nitrogens with one attached hydrogen (secondary N) is 1. The minimum atomic E-state index is -1.11. The zero-order valence-electron chi connectivity index (χ0n) is 12.3. The van der Waals surface area contributed by atoms with Crippen molar-refractivity contribution in [1.29, 1.82) is 0 Å². The van der Waals surface area contributed by atoms with Crippen molar-refractivity contribution in [2.75, 3.05) is 0 Å². The Hall–Kier alpha value is -3.14. The van der Waals surface area contributed by atoms with Crippen molar-refractivity contribution in [1.82, 2.24) is 4.98 Å². The minimum absolute atomic E-state index is 0.0133. The highest BCUT2D eigenvalue weighted by molar-refractivity contribution is 5.87. The van der Waals surface area contributed by atoms with Gasteiger partial charge in [-0.05, 0) is 17.2 Å². The summed E-state index contributed by atoms with van der Waals surface area (Å²) in [5, 5.41) is 9.20. The van der Waals surface area contributed by atoms with Crippen LogP contribution in [0.2, 0.25) is 0 Å². The van der Waals surface area contributed by atoms with Crippen LogP contribution in [0.5, 0.6) is 0 Å². The first-order valence-corrected chi connectivity index (χ1v) is 7.22. The van der Waals surface area contributed by atoms with E-state index in [1.54, 1.807) is 0 Å². The fraction of sp³-hybridized carbons (Fsp3) is 0.0526. The molecule has 0 spiro atoms. The van der Waals surface area contributed by atoms with Crippen molar-refractivity contribution in [2.45, 2.75) is 5.92 Å². The first-order valence-electron chi connectivity index (χ1n) is 7.22. The van der Waals surface area contributed by atoms with Gasteiger partial charge in [0.25, 0.3) is 0 Å². The predicted octanol–water partition coefficient (Wildman–Crippen LogP) is 3.25. The van der Waals surface area contributed by atoms with Gasteiger partial charge in [0, 0.05) is 17.7 Å². The molecular formula is C19H15NO3. The summed E-state index contributed by atoms with van der Waals surface area (Å²) >= 11 is 0. The molecule has 4 heteroatoms. The molecule has 0 radical (unpaired) electrons. The van der Waals surface area contributed by atoms with Crippen LogP contribution in [0.1, 0.15) is 33.1 Å². The summed E-state index contributed by atoms with van der Waals surface area (Å²) in [5.74, 6) is -1.35. The molecule has 0 atom stereocenters. The number of pyridine rings is 1. The number of hydrogen-bond acceptors (Lipinski definition) is 2. The van der Waals surface area contributed by atoms with Gasteiger partial charge in [0.1, 0.15) is 0 Å². The van der Waals surface area contributed by atoms with Crippen LogP contribution in [-0.2, 0) is 0 Å². The van der Waals surface area contributed by atoms with E-state index in [1.807, 2.05) is 60.7 Å². The van der Waals surface area contributed by atoms with Gasteiger partial charge >= 0.3 is 5.97 Å². The molecule has 1 aromatic heterocycles. The van der Waals surface area contributed by atoms with E-state index >= 15 is 0 Å². The molecule has 4 nitrogen and oxygen atoms in total. The lowest BCUT2D eigenvalue weighted by atomic mass is 9.87. The van der Waals surface area contributed by atoms with Gasteiger partial charge in [-0.25, -0.2) is 4.79 Å². The summed E-state index contributed by atoms with van der Waals surface area (Å²) in [6.07, 6.45) is 0. The number of aromatic nitrogens is 1. The van der Waals surface area contributed by atoms with Crippen LogP contribution in [0.4, 0.5) is 0 Å². The molecule has 0 bridgehead atoms. The molecule has 0 aliphatic rings. The molecular weight excluding hydrogens is 290 g/mol. The highest BCUT2D eigenvalue weighted by Crippen LogP contribution is 2.30. The van der Waals surface area contributed by atoms with Crippen LogP contribution in [0.3, 0.4) is 0 Å². The summed E-state index contributed by atoms with van der Waals surface area (Å²) < 4.78 is 0. The Morgan fingerprint density at radius 1 is 0.870 bits per heavy atom. The molecule has 114 valence electrons. The van der Waals surface area contributed by atoms with Crippen molar-refractivity contribution in [3.63, 3.8) is 0 Å². The lowest BCUT2D eigenvalue weighted by Crippen LogP contribution is -2.16. The number of carboxylic acid groups (broad SMARTS) is 1. The molecule has 1 heterocycles. The van der Waals surface area contributed by atoms with E-state index in [4.69, 9.17) is 0 Å². The average Bonchev–Trinajstić information content (AvgIpc) is 2.56. The number of benzene rings is 2. The van der Waals surface area contributed by atoms with Crippen molar-refractivity contribution in [2.24, 2.45) is 0 Å². The second-order valence-corrected chi connectivity index (χ2v) is 5.25. The molecule has 23 heavy (non-hydrogen) atoms. The maximum absolute atomic E-state index is 11.9. The van der Waals surface area contributed by atoms with Crippen molar-refractivity contribution in [3.8, 4) is 0 Å². The Labute approximate surface area is 133 Å². The van der Waals surface area contributed by atoms with E-state index in [0.29, 0.717) is 5.69 Å². The van der Waals surface area contributed by atoms with Crippen molar-refractivity contribution in [3.05, 3.63) is 106 Å². The van der Waals surface area contributed by atoms with Gasteiger partial charge in [-0.1, -0.05) is 60.7 Å². The van der Waals surface area contributed by atoms with E-state index in [0.717, 1.165) is 17.2 Å². The number of rotatable bonds is 4. The Morgan fingerprint density at radius 2 is 1.39 bits per heavy atom. The average molecular weight is 305 g/mol. The maximum Gasteiger partial charge on any atom is 0.335 e. The van der Waals surface area contributed by atoms with Crippen LogP contribution in [0.25, 0.3) is 0 Å². The molecule has 3 aromatic rings. The Balaban J connectivity index is 2.21. The summed E-state index contributed by atoms with van der Waals surface area (Å²) in [7, 11) is 0. The third-order valence-electron chi connectivity index (χ3n) is 3.69. The van der Waals surface area contributed by atoms with E-state index in [-0.39, 0.29) is 11.5 Å². The van der Waals surface area contributed by atoms with Gasteiger partial charge in [0.2, 0.25) is 5.56 Å². The number of H-pyrrole nitrogens is 1. The monoisotopic (exact) mass is 305 g/mol. The van der Waals surface area contributed by atoms with Gasteiger partial charge in [0.15, 0.2) is 0 Å². The largest absolute Gasteiger partial charge is 0.478 e. The second-order valence-electron chi connectivity index (χ2n) is 5.25. The molecule has 0 amide bonds. The zero-order chi connectivity index (χ0) is 16.2. The molecule has 0 saturated heterocycles. The zero-order valence-corrected chi connectivity index (χ0v) is 12.3. The number of carbonyl (C=O) groups is 1. The summed E-state index contributed by atoms with van der Waals surface area (Å²) in [6.45, 7) is 0. The standard InChI is InChI=1S/C19H15NO3/c21-17-12-15(19(22)23)11-16(20-17)18(13-7-3-1-4-8-13)14-9-5-2-6-10-14/h1-12,18H,(H,20,21)(H,22,23). The minimum Gasteiger partial charge on any atom is -0.478 e. The maximum atomic E-state index is 11.9. The van der Waals surface area contributed by atoms with Crippen molar-refractivity contribution >= 4 is 5.97 Å². The number of hydrogen-bond donors (Lipinski definition) is 2. The highest BCUT2D eigenvalue weighted by Gasteiger charge is 2.19. The molecule has 2 N–H and O–H groups in total. The highest BCUT2D eigenvalue weighted by atomic mass is 16.4. The normalized spacial score (nSPS) is 10.7. The summed E-state index contributed by atoms with van der Waals surface area (Å²) in [4.78, 5) is 25.9.